The summed E-state index contributed by atoms with van der Waals surface area (Å²) in [6.07, 6.45) is -3.93. The van der Waals surface area contributed by atoms with E-state index in [2.05, 4.69) is 6.07 Å². The topological polar surface area (TPSA) is 33.0 Å². The molecule has 0 unspecified atom stereocenters. The highest BCUT2D eigenvalue weighted by Crippen LogP contribution is 2.37. The molecule has 2 aromatic carbocycles. The second-order valence-corrected chi connectivity index (χ2v) is 4.93. The van der Waals surface area contributed by atoms with E-state index in [-0.39, 0.29) is 10.8 Å². The molecule has 0 saturated carbocycles. The molecule has 2 nitrogen and oxygen atoms in total. The number of alkyl halides is 3. The van der Waals surface area contributed by atoms with Crippen molar-refractivity contribution < 1.29 is 17.9 Å². The van der Waals surface area contributed by atoms with E-state index in [0.717, 1.165) is 17.7 Å². The van der Waals surface area contributed by atoms with Crippen LogP contribution in [0.2, 0.25) is 5.02 Å². The van der Waals surface area contributed by atoms with E-state index in [1.807, 2.05) is 6.92 Å². The van der Waals surface area contributed by atoms with Crippen molar-refractivity contribution >= 4 is 11.6 Å². The Morgan fingerprint density at radius 3 is 2.36 bits per heavy atom. The highest BCUT2D eigenvalue weighted by atomic mass is 35.5. The molecule has 0 aliphatic heterocycles. The zero-order chi connectivity index (χ0) is 16.3. The SMILES string of the molecule is CCc1cc(Oc2ccc(Cl)c(C(F)(F)F)c2)ccc1C#N. The Balaban J connectivity index is 2.34. The first-order valence-corrected chi connectivity index (χ1v) is 6.80. The molecule has 2 rings (SSSR count). The van der Waals surface area contributed by atoms with Gasteiger partial charge < -0.3 is 4.74 Å². The Hall–Kier alpha value is -2.19. The Morgan fingerprint density at radius 2 is 1.77 bits per heavy atom. The third kappa shape index (κ3) is 3.52. The van der Waals surface area contributed by atoms with E-state index in [0.29, 0.717) is 17.7 Å². The van der Waals surface area contributed by atoms with E-state index < -0.39 is 11.7 Å². The summed E-state index contributed by atoms with van der Waals surface area (Å²) in [6, 6.07) is 10.2. The summed E-state index contributed by atoms with van der Waals surface area (Å²) in [5, 5.41) is 8.58. The number of rotatable bonds is 3. The lowest BCUT2D eigenvalue weighted by Gasteiger charge is -2.12. The van der Waals surface area contributed by atoms with E-state index in [4.69, 9.17) is 21.6 Å². The first-order chi connectivity index (χ1) is 10.3. The molecule has 0 atom stereocenters. The van der Waals surface area contributed by atoms with Crippen molar-refractivity contribution in [3.05, 3.63) is 58.1 Å². The van der Waals surface area contributed by atoms with Crippen LogP contribution < -0.4 is 4.74 Å². The number of benzene rings is 2. The summed E-state index contributed by atoms with van der Waals surface area (Å²) in [7, 11) is 0. The molecular weight excluding hydrogens is 315 g/mol. The Labute approximate surface area is 130 Å². The molecule has 114 valence electrons. The van der Waals surface area contributed by atoms with Gasteiger partial charge in [0.15, 0.2) is 0 Å². The van der Waals surface area contributed by atoms with Crippen LogP contribution in [0.3, 0.4) is 0 Å². The first-order valence-electron chi connectivity index (χ1n) is 6.42. The summed E-state index contributed by atoms with van der Waals surface area (Å²) in [5.74, 6) is 0.398. The monoisotopic (exact) mass is 325 g/mol. The van der Waals surface area contributed by atoms with Gasteiger partial charge in [0.05, 0.1) is 22.2 Å². The van der Waals surface area contributed by atoms with Crippen molar-refractivity contribution in [3.8, 4) is 17.6 Å². The maximum Gasteiger partial charge on any atom is 0.417 e. The van der Waals surface area contributed by atoms with Gasteiger partial charge in [0.1, 0.15) is 11.5 Å². The number of nitrogens with zero attached hydrogens (tertiary/aromatic N) is 1. The molecule has 2 aromatic rings. The maximum atomic E-state index is 12.8. The second-order valence-electron chi connectivity index (χ2n) is 4.53. The van der Waals surface area contributed by atoms with Crippen LogP contribution in [0.25, 0.3) is 0 Å². The van der Waals surface area contributed by atoms with Crippen LogP contribution in [0.15, 0.2) is 36.4 Å². The predicted molar refractivity (Wildman–Crippen MR) is 77.1 cm³/mol. The summed E-state index contributed by atoms with van der Waals surface area (Å²) < 4.78 is 43.9. The van der Waals surface area contributed by atoms with Crippen LogP contribution in [-0.2, 0) is 12.6 Å². The molecule has 0 fully saturated rings. The lowest BCUT2D eigenvalue weighted by molar-refractivity contribution is -0.137. The summed E-state index contributed by atoms with van der Waals surface area (Å²) >= 11 is 5.56. The van der Waals surface area contributed by atoms with Gasteiger partial charge in [-0.2, -0.15) is 18.4 Å². The molecule has 0 heterocycles. The van der Waals surface area contributed by atoms with Crippen molar-refractivity contribution in [1.82, 2.24) is 0 Å². The third-order valence-electron chi connectivity index (χ3n) is 3.06. The van der Waals surface area contributed by atoms with Gasteiger partial charge in [-0.25, -0.2) is 0 Å². The van der Waals surface area contributed by atoms with E-state index in [9.17, 15) is 13.2 Å². The molecule has 6 heteroatoms. The van der Waals surface area contributed by atoms with Gasteiger partial charge in [-0.3, -0.25) is 0 Å². The second kappa shape index (κ2) is 6.29. The number of nitriles is 1. The molecule has 0 amide bonds. The van der Waals surface area contributed by atoms with Crippen LogP contribution in [0.5, 0.6) is 11.5 Å². The van der Waals surface area contributed by atoms with Gasteiger partial charge in [-0.15, -0.1) is 0 Å². The smallest absolute Gasteiger partial charge is 0.417 e. The largest absolute Gasteiger partial charge is 0.457 e. The van der Waals surface area contributed by atoms with Crippen LogP contribution in [0, 0.1) is 11.3 Å². The standard InChI is InChI=1S/C16H11ClF3NO/c1-2-10-7-12(4-3-11(10)9-21)22-13-5-6-15(17)14(8-13)16(18,19)20/h3-8H,2H2,1H3. The van der Waals surface area contributed by atoms with Crippen LogP contribution >= 0.6 is 11.6 Å². The summed E-state index contributed by atoms with van der Waals surface area (Å²) in [4.78, 5) is 0. The van der Waals surface area contributed by atoms with Crippen molar-refractivity contribution in [1.29, 1.82) is 5.26 Å². The Morgan fingerprint density at radius 1 is 1.14 bits per heavy atom. The van der Waals surface area contributed by atoms with Gasteiger partial charge in [0.25, 0.3) is 0 Å². The Bertz CT molecular complexity index is 735. The first kappa shape index (κ1) is 16.2. The molecule has 0 aliphatic carbocycles. The van der Waals surface area contributed by atoms with Crippen molar-refractivity contribution in [2.24, 2.45) is 0 Å². The minimum Gasteiger partial charge on any atom is -0.457 e. The molecule has 0 saturated heterocycles. The fraction of sp³-hybridized carbons (Fsp3) is 0.188. The summed E-state index contributed by atoms with van der Waals surface area (Å²) in [6.45, 7) is 1.88. The molecular formula is C16H11ClF3NO. The molecule has 22 heavy (non-hydrogen) atoms. The van der Waals surface area contributed by atoms with Crippen molar-refractivity contribution in [2.45, 2.75) is 19.5 Å². The van der Waals surface area contributed by atoms with Gasteiger partial charge in [-0.1, -0.05) is 18.5 Å². The van der Waals surface area contributed by atoms with Gasteiger partial charge >= 0.3 is 6.18 Å². The average molecular weight is 326 g/mol. The van der Waals surface area contributed by atoms with E-state index in [1.54, 1.807) is 18.2 Å². The zero-order valence-electron chi connectivity index (χ0n) is 11.5. The lowest BCUT2D eigenvalue weighted by atomic mass is 10.1. The van der Waals surface area contributed by atoms with Gasteiger partial charge in [0, 0.05) is 0 Å². The normalized spacial score (nSPS) is 11.1. The van der Waals surface area contributed by atoms with Gasteiger partial charge in [0.2, 0.25) is 0 Å². The van der Waals surface area contributed by atoms with Gasteiger partial charge in [-0.05, 0) is 48.4 Å². The van der Waals surface area contributed by atoms with E-state index >= 15 is 0 Å². The molecule has 0 aromatic heterocycles. The van der Waals surface area contributed by atoms with Crippen LogP contribution in [0.1, 0.15) is 23.6 Å². The van der Waals surface area contributed by atoms with Crippen LogP contribution in [0.4, 0.5) is 13.2 Å². The quantitative estimate of drug-likeness (QED) is 0.737. The highest BCUT2D eigenvalue weighted by Gasteiger charge is 2.33. The Kier molecular flexibility index (Phi) is 4.62. The third-order valence-corrected chi connectivity index (χ3v) is 3.39. The van der Waals surface area contributed by atoms with Crippen molar-refractivity contribution in [2.75, 3.05) is 0 Å². The fourth-order valence-electron chi connectivity index (χ4n) is 1.96. The number of hydrogen-bond donors (Lipinski definition) is 0. The number of halogens is 4. The zero-order valence-corrected chi connectivity index (χ0v) is 12.3. The average Bonchev–Trinajstić information content (AvgIpc) is 2.48. The van der Waals surface area contributed by atoms with Crippen LogP contribution in [-0.4, -0.2) is 0 Å². The number of hydrogen-bond acceptors (Lipinski definition) is 2. The lowest BCUT2D eigenvalue weighted by Crippen LogP contribution is -2.05. The van der Waals surface area contributed by atoms with E-state index in [1.165, 1.54) is 6.07 Å². The molecule has 0 radical (unpaired) electrons. The number of ether oxygens (including phenoxy) is 1. The maximum absolute atomic E-state index is 12.8. The molecule has 0 bridgehead atoms. The minimum absolute atomic E-state index is 0.0310. The molecule has 0 aliphatic rings. The minimum atomic E-state index is -4.55. The molecule has 0 spiro atoms. The highest BCUT2D eigenvalue weighted by molar-refractivity contribution is 6.31. The predicted octanol–water partition coefficient (Wildman–Crippen LogP) is 5.59. The van der Waals surface area contributed by atoms with Crippen molar-refractivity contribution in [3.63, 3.8) is 0 Å². The summed E-state index contributed by atoms with van der Waals surface area (Å²) in [5.41, 5.74) is 0.336. The fourth-order valence-corrected chi connectivity index (χ4v) is 2.18. The molecule has 0 N–H and O–H groups in total. The number of aryl methyl sites for hydroxylation is 1.